The molecule has 0 saturated heterocycles. The molecule has 2 aromatic carbocycles. The van der Waals surface area contributed by atoms with Gasteiger partial charge in [0.15, 0.2) is 5.76 Å². The lowest BCUT2D eigenvalue weighted by atomic mass is 10.1. The van der Waals surface area contributed by atoms with E-state index in [9.17, 15) is 4.79 Å². The van der Waals surface area contributed by atoms with Crippen LogP contribution in [0.3, 0.4) is 0 Å². The van der Waals surface area contributed by atoms with Gasteiger partial charge in [0.1, 0.15) is 23.9 Å². The standard InChI is InChI=1S/C23H21NO4/c1-14(2)13-27-17-5-7-18-21(11-17)28-22(23(18)25)9-15-12-24(3)20-8-6-16(26-4)10-19(15)20/h5-12H,1,13H2,2-4H3/b22-9+. The van der Waals surface area contributed by atoms with Crippen LogP contribution in [0.15, 0.2) is 60.5 Å². The highest BCUT2D eigenvalue weighted by Gasteiger charge is 2.28. The van der Waals surface area contributed by atoms with Gasteiger partial charge in [-0.05, 0) is 48.9 Å². The van der Waals surface area contributed by atoms with Crippen LogP contribution >= 0.6 is 0 Å². The number of carbonyl (C=O) groups excluding carboxylic acids is 1. The molecule has 0 aliphatic carbocycles. The molecule has 5 nitrogen and oxygen atoms in total. The number of benzene rings is 2. The van der Waals surface area contributed by atoms with Crippen LogP contribution in [0.25, 0.3) is 17.0 Å². The van der Waals surface area contributed by atoms with Crippen LogP contribution in [0.2, 0.25) is 0 Å². The van der Waals surface area contributed by atoms with Crippen molar-refractivity contribution in [2.45, 2.75) is 6.92 Å². The predicted molar refractivity (Wildman–Crippen MR) is 109 cm³/mol. The van der Waals surface area contributed by atoms with E-state index in [2.05, 4.69) is 6.58 Å². The molecule has 0 atom stereocenters. The average molecular weight is 375 g/mol. The van der Waals surface area contributed by atoms with Gasteiger partial charge in [0, 0.05) is 35.8 Å². The zero-order chi connectivity index (χ0) is 19.8. The molecule has 0 radical (unpaired) electrons. The molecule has 5 heteroatoms. The predicted octanol–water partition coefficient (Wildman–Crippen LogP) is 4.76. The number of allylic oxidation sites excluding steroid dienone is 1. The smallest absolute Gasteiger partial charge is 0.231 e. The van der Waals surface area contributed by atoms with Crippen molar-refractivity contribution >= 4 is 22.8 Å². The number of Topliss-reactive ketones (excluding diaryl/α,β-unsaturated/α-hetero) is 1. The third-order valence-electron chi connectivity index (χ3n) is 4.64. The van der Waals surface area contributed by atoms with Crippen molar-refractivity contribution in [1.82, 2.24) is 4.57 Å². The molecular formula is C23H21NO4. The molecule has 3 aromatic rings. The largest absolute Gasteiger partial charge is 0.497 e. The first-order valence-electron chi connectivity index (χ1n) is 8.95. The van der Waals surface area contributed by atoms with Crippen molar-refractivity contribution in [3.8, 4) is 17.2 Å². The summed E-state index contributed by atoms with van der Waals surface area (Å²) in [6.45, 7) is 6.14. The molecule has 28 heavy (non-hydrogen) atoms. The van der Waals surface area contributed by atoms with Crippen molar-refractivity contribution in [3.05, 3.63) is 71.6 Å². The maximum atomic E-state index is 12.8. The number of aryl methyl sites for hydroxylation is 1. The molecule has 0 amide bonds. The van der Waals surface area contributed by atoms with E-state index in [-0.39, 0.29) is 5.78 Å². The molecule has 1 aliphatic heterocycles. The van der Waals surface area contributed by atoms with Crippen LogP contribution in [-0.4, -0.2) is 24.1 Å². The van der Waals surface area contributed by atoms with E-state index < -0.39 is 0 Å². The third kappa shape index (κ3) is 3.16. The summed E-state index contributed by atoms with van der Waals surface area (Å²) in [4.78, 5) is 12.8. The highest BCUT2D eigenvalue weighted by atomic mass is 16.5. The van der Waals surface area contributed by atoms with Gasteiger partial charge in [-0.2, -0.15) is 0 Å². The summed E-state index contributed by atoms with van der Waals surface area (Å²) in [5.74, 6) is 2.07. The average Bonchev–Trinajstić information content (AvgIpc) is 3.16. The fourth-order valence-electron chi connectivity index (χ4n) is 3.25. The van der Waals surface area contributed by atoms with Crippen molar-refractivity contribution < 1.29 is 19.0 Å². The van der Waals surface area contributed by atoms with Crippen molar-refractivity contribution in [2.75, 3.05) is 13.7 Å². The Morgan fingerprint density at radius 1 is 1.21 bits per heavy atom. The first kappa shape index (κ1) is 17.9. The monoisotopic (exact) mass is 375 g/mol. The lowest BCUT2D eigenvalue weighted by Gasteiger charge is -2.06. The Balaban J connectivity index is 1.68. The van der Waals surface area contributed by atoms with Crippen LogP contribution in [0.1, 0.15) is 22.8 Å². The summed E-state index contributed by atoms with van der Waals surface area (Å²) in [6, 6.07) is 11.1. The summed E-state index contributed by atoms with van der Waals surface area (Å²) in [5, 5.41) is 0.993. The number of fused-ring (bicyclic) bond motifs is 2. The summed E-state index contributed by atoms with van der Waals surface area (Å²) in [5.41, 5.74) is 3.40. The second-order valence-corrected chi connectivity index (χ2v) is 6.92. The Morgan fingerprint density at radius 3 is 2.75 bits per heavy atom. The lowest BCUT2D eigenvalue weighted by molar-refractivity contribution is 0.101. The summed E-state index contributed by atoms with van der Waals surface area (Å²) in [6.07, 6.45) is 3.75. The van der Waals surface area contributed by atoms with Gasteiger partial charge in [-0.1, -0.05) is 6.58 Å². The van der Waals surface area contributed by atoms with Crippen LogP contribution in [0.4, 0.5) is 0 Å². The zero-order valence-electron chi connectivity index (χ0n) is 16.1. The molecule has 0 fully saturated rings. The molecule has 0 unspecified atom stereocenters. The van der Waals surface area contributed by atoms with E-state index in [0.29, 0.717) is 29.4 Å². The molecular weight excluding hydrogens is 354 g/mol. The van der Waals surface area contributed by atoms with Gasteiger partial charge in [0.2, 0.25) is 5.78 Å². The number of methoxy groups -OCH3 is 1. The molecule has 4 rings (SSSR count). The number of nitrogens with zero attached hydrogens (tertiary/aromatic N) is 1. The van der Waals surface area contributed by atoms with Gasteiger partial charge >= 0.3 is 0 Å². The van der Waals surface area contributed by atoms with Gasteiger partial charge in [0.25, 0.3) is 0 Å². The van der Waals surface area contributed by atoms with Gasteiger partial charge in [-0.3, -0.25) is 4.79 Å². The maximum Gasteiger partial charge on any atom is 0.231 e. The second kappa shape index (κ2) is 6.93. The molecule has 0 saturated carbocycles. The summed E-state index contributed by atoms with van der Waals surface area (Å²) in [7, 11) is 3.60. The molecule has 1 aromatic heterocycles. The van der Waals surface area contributed by atoms with Crippen molar-refractivity contribution in [1.29, 1.82) is 0 Å². The van der Waals surface area contributed by atoms with Gasteiger partial charge in [-0.25, -0.2) is 0 Å². The van der Waals surface area contributed by atoms with Crippen LogP contribution < -0.4 is 14.2 Å². The second-order valence-electron chi connectivity index (χ2n) is 6.92. The van der Waals surface area contributed by atoms with Crippen molar-refractivity contribution in [3.63, 3.8) is 0 Å². The van der Waals surface area contributed by atoms with E-state index in [1.54, 1.807) is 31.4 Å². The van der Waals surface area contributed by atoms with Crippen LogP contribution in [-0.2, 0) is 7.05 Å². The van der Waals surface area contributed by atoms with Gasteiger partial charge < -0.3 is 18.8 Å². The highest BCUT2D eigenvalue weighted by molar-refractivity contribution is 6.15. The van der Waals surface area contributed by atoms with Crippen LogP contribution in [0.5, 0.6) is 17.2 Å². The molecule has 142 valence electrons. The highest BCUT2D eigenvalue weighted by Crippen LogP contribution is 2.36. The summed E-state index contributed by atoms with van der Waals surface area (Å²) < 4.78 is 18.8. The Morgan fingerprint density at radius 2 is 2.00 bits per heavy atom. The molecule has 2 heterocycles. The summed E-state index contributed by atoms with van der Waals surface area (Å²) >= 11 is 0. The number of rotatable bonds is 5. The maximum absolute atomic E-state index is 12.8. The Labute approximate surface area is 163 Å². The van der Waals surface area contributed by atoms with Crippen LogP contribution in [0, 0.1) is 0 Å². The fraction of sp³-hybridized carbons (Fsp3) is 0.174. The fourth-order valence-corrected chi connectivity index (χ4v) is 3.25. The minimum Gasteiger partial charge on any atom is -0.497 e. The van der Waals surface area contributed by atoms with E-state index >= 15 is 0 Å². The number of hydrogen-bond acceptors (Lipinski definition) is 4. The quantitative estimate of drug-likeness (QED) is 0.477. The number of hydrogen-bond donors (Lipinski definition) is 0. The van der Waals surface area contributed by atoms with Gasteiger partial charge in [0.05, 0.1) is 12.7 Å². The SMILES string of the molecule is C=C(C)COc1ccc2c(c1)O/C(=C/c1cn(C)c3ccc(OC)cc13)C2=O. The first-order valence-corrected chi connectivity index (χ1v) is 8.95. The number of carbonyl (C=O) groups is 1. The third-order valence-corrected chi connectivity index (χ3v) is 4.64. The molecule has 0 N–H and O–H groups in total. The van der Waals surface area contributed by atoms with E-state index in [1.807, 2.05) is 42.9 Å². The first-order chi connectivity index (χ1) is 13.5. The van der Waals surface area contributed by atoms with E-state index in [1.165, 1.54) is 0 Å². The lowest BCUT2D eigenvalue weighted by Crippen LogP contribution is -1.98. The minimum atomic E-state index is -0.138. The Kier molecular flexibility index (Phi) is 4.43. The van der Waals surface area contributed by atoms with Gasteiger partial charge in [-0.15, -0.1) is 0 Å². The number of aromatic nitrogens is 1. The van der Waals surface area contributed by atoms with Crippen molar-refractivity contribution in [2.24, 2.45) is 7.05 Å². The minimum absolute atomic E-state index is 0.138. The Hall–Kier alpha value is -3.47. The molecule has 0 spiro atoms. The number of ether oxygens (including phenoxy) is 3. The normalized spacial score (nSPS) is 14.2. The zero-order valence-corrected chi connectivity index (χ0v) is 16.1. The topological polar surface area (TPSA) is 49.7 Å². The molecule has 0 bridgehead atoms. The molecule has 1 aliphatic rings. The number of ketones is 1. The Bertz CT molecular complexity index is 1140. The van der Waals surface area contributed by atoms with E-state index in [0.717, 1.165) is 27.8 Å². The van der Waals surface area contributed by atoms with E-state index in [4.69, 9.17) is 14.2 Å².